The van der Waals surface area contributed by atoms with Crippen LogP contribution in [0.3, 0.4) is 0 Å². The number of pyridine rings is 1. The lowest BCUT2D eigenvalue weighted by Crippen LogP contribution is -1.83. The van der Waals surface area contributed by atoms with Crippen molar-refractivity contribution in [2.24, 2.45) is 0 Å². The van der Waals surface area contributed by atoms with Gasteiger partial charge in [0.05, 0.1) is 11.9 Å². The van der Waals surface area contributed by atoms with Crippen LogP contribution in [-0.4, -0.2) is 4.98 Å². The minimum Gasteiger partial charge on any atom is -0.257 e. The highest BCUT2D eigenvalue weighted by Gasteiger charge is 1.90. The molecule has 1 nitrogen and oxygen atoms in total. The van der Waals surface area contributed by atoms with Crippen LogP contribution in [0, 0.1) is 5.82 Å². The Morgan fingerprint density at radius 2 is 2.44 bits per heavy atom. The monoisotopic (exact) mass is 190 g/mol. The van der Waals surface area contributed by atoms with E-state index in [0.717, 1.165) is 5.69 Å². The van der Waals surface area contributed by atoms with E-state index < -0.39 is 0 Å². The molecule has 0 fully saturated rings. The summed E-state index contributed by atoms with van der Waals surface area (Å²) in [6.07, 6.45) is 1.20. The van der Waals surface area contributed by atoms with Crippen LogP contribution in [0.15, 0.2) is 18.3 Å². The number of hydrogen-bond donors (Lipinski definition) is 0. The van der Waals surface area contributed by atoms with Gasteiger partial charge in [0.2, 0.25) is 0 Å². The molecule has 0 bridgehead atoms. The van der Waals surface area contributed by atoms with E-state index in [-0.39, 0.29) is 7.24 Å². The smallest absolute Gasteiger partial charge is 0.257 e. The minimum atomic E-state index is -0.292. The largest absolute Gasteiger partial charge is 1.00 e. The molecule has 48 valence electrons. The van der Waals surface area contributed by atoms with Gasteiger partial charge in [0.1, 0.15) is 5.82 Å². The predicted molar refractivity (Wildman–Crippen MR) is 37.9 cm³/mol. The van der Waals surface area contributed by atoms with Crippen LogP contribution in [0.25, 0.3) is 0 Å². The molecule has 0 unspecified atom stereocenters. The molecule has 0 aliphatic rings. The van der Waals surface area contributed by atoms with Gasteiger partial charge in [-0.1, -0.05) is 15.9 Å². The SMILES string of the molecule is Fc1ccc(CBr)nc1.[H+]. The van der Waals surface area contributed by atoms with Crippen molar-refractivity contribution in [1.82, 2.24) is 4.98 Å². The molecule has 0 spiro atoms. The van der Waals surface area contributed by atoms with E-state index in [9.17, 15) is 4.39 Å². The molecule has 0 radical (unpaired) electrons. The Hall–Kier alpha value is -0.440. The molecule has 1 rings (SSSR count). The molecule has 0 saturated carbocycles. The standard InChI is InChI=1S/C6H5BrFN/c7-3-6-2-1-5(8)4-9-6/h1-2,4H,3H2/p+1. The van der Waals surface area contributed by atoms with E-state index in [0.29, 0.717) is 5.33 Å². The topological polar surface area (TPSA) is 12.9 Å². The van der Waals surface area contributed by atoms with Gasteiger partial charge in [-0.05, 0) is 12.1 Å². The van der Waals surface area contributed by atoms with E-state index in [1.54, 1.807) is 6.07 Å². The van der Waals surface area contributed by atoms with Crippen LogP contribution in [0.4, 0.5) is 4.39 Å². The molecule has 0 N–H and O–H groups in total. The second-order valence-corrected chi connectivity index (χ2v) is 2.16. The molecule has 1 heterocycles. The van der Waals surface area contributed by atoms with E-state index in [1.165, 1.54) is 12.3 Å². The Kier molecular flexibility index (Phi) is 2.16. The highest BCUT2D eigenvalue weighted by molar-refractivity contribution is 9.08. The molecule has 0 atom stereocenters. The number of aromatic nitrogens is 1. The summed E-state index contributed by atoms with van der Waals surface area (Å²) in [5.74, 6) is -0.292. The fourth-order valence-corrected chi connectivity index (χ4v) is 0.817. The van der Waals surface area contributed by atoms with Crippen molar-refractivity contribution >= 4 is 15.9 Å². The Bertz CT molecular complexity index is 189. The minimum absolute atomic E-state index is 0. The number of hydrogen-bond acceptors (Lipinski definition) is 1. The third kappa shape index (κ3) is 1.75. The predicted octanol–water partition coefficient (Wildman–Crippen LogP) is 2.23. The zero-order chi connectivity index (χ0) is 6.69. The number of alkyl halides is 1. The molecular weight excluding hydrogens is 185 g/mol. The summed E-state index contributed by atoms with van der Waals surface area (Å²) in [7, 11) is 0. The summed E-state index contributed by atoms with van der Waals surface area (Å²) in [6, 6.07) is 3.04. The van der Waals surface area contributed by atoms with Gasteiger partial charge in [-0.3, -0.25) is 4.98 Å². The third-order valence-corrected chi connectivity index (χ3v) is 1.50. The van der Waals surface area contributed by atoms with Crippen LogP contribution in [0.1, 0.15) is 7.12 Å². The van der Waals surface area contributed by atoms with Gasteiger partial charge in [-0.15, -0.1) is 0 Å². The molecule has 0 aliphatic heterocycles. The molecule has 9 heavy (non-hydrogen) atoms. The number of rotatable bonds is 1. The summed E-state index contributed by atoms with van der Waals surface area (Å²) in [4.78, 5) is 3.77. The van der Waals surface area contributed by atoms with Crippen LogP contribution in [0.5, 0.6) is 0 Å². The third-order valence-electron chi connectivity index (χ3n) is 0.926. The Labute approximate surface area is 62.5 Å². The van der Waals surface area contributed by atoms with Crippen molar-refractivity contribution < 1.29 is 5.82 Å². The average Bonchev–Trinajstić information content (AvgIpc) is 1.90. The lowest BCUT2D eigenvalue weighted by atomic mass is 10.4. The van der Waals surface area contributed by atoms with Gasteiger partial charge >= 0.3 is 1.43 Å². The van der Waals surface area contributed by atoms with Crippen molar-refractivity contribution in [3.63, 3.8) is 0 Å². The van der Waals surface area contributed by atoms with Gasteiger partial charge in [0.15, 0.2) is 0 Å². The van der Waals surface area contributed by atoms with E-state index in [2.05, 4.69) is 20.9 Å². The van der Waals surface area contributed by atoms with Crippen LogP contribution < -0.4 is 0 Å². The van der Waals surface area contributed by atoms with Crippen LogP contribution in [-0.2, 0) is 5.33 Å². The maximum absolute atomic E-state index is 12.1. The Morgan fingerprint density at radius 3 is 2.89 bits per heavy atom. The number of halogens is 2. The molecular formula is C6H6BrFN+. The quantitative estimate of drug-likeness (QED) is 0.620. The first-order valence-corrected chi connectivity index (χ1v) is 3.61. The highest BCUT2D eigenvalue weighted by atomic mass is 79.9. The molecule has 0 aliphatic carbocycles. The summed E-state index contributed by atoms with van der Waals surface area (Å²) >= 11 is 3.20. The van der Waals surface area contributed by atoms with Gasteiger partial charge in [0, 0.05) is 5.33 Å². The Morgan fingerprint density at radius 1 is 1.67 bits per heavy atom. The molecule has 0 saturated heterocycles. The molecule has 0 aromatic carbocycles. The number of nitrogens with zero attached hydrogens (tertiary/aromatic N) is 1. The van der Waals surface area contributed by atoms with Crippen molar-refractivity contribution in [2.75, 3.05) is 0 Å². The lowest BCUT2D eigenvalue weighted by molar-refractivity contribution is 0.620. The molecule has 1 aromatic rings. The zero-order valence-corrected chi connectivity index (χ0v) is 6.23. The van der Waals surface area contributed by atoms with Crippen molar-refractivity contribution in [2.45, 2.75) is 5.33 Å². The summed E-state index contributed by atoms with van der Waals surface area (Å²) in [5.41, 5.74) is 0.844. The fraction of sp³-hybridized carbons (Fsp3) is 0.167. The Balaban J connectivity index is 0.000000810. The van der Waals surface area contributed by atoms with Crippen molar-refractivity contribution in [3.8, 4) is 0 Å². The summed E-state index contributed by atoms with van der Waals surface area (Å²) in [6.45, 7) is 0. The van der Waals surface area contributed by atoms with E-state index >= 15 is 0 Å². The molecule has 3 heteroatoms. The van der Waals surface area contributed by atoms with E-state index in [1.807, 2.05) is 0 Å². The first kappa shape index (κ1) is 6.68. The average molecular weight is 191 g/mol. The highest BCUT2D eigenvalue weighted by Crippen LogP contribution is 2.01. The second kappa shape index (κ2) is 2.92. The first-order valence-electron chi connectivity index (χ1n) is 2.49. The summed E-state index contributed by atoms with van der Waals surface area (Å²) < 4.78 is 12.1. The maximum Gasteiger partial charge on any atom is 1.00 e. The van der Waals surface area contributed by atoms with Gasteiger partial charge in [-0.25, -0.2) is 4.39 Å². The molecule has 1 aromatic heterocycles. The van der Waals surface area contributed by atoms with Crippen LogP contribution >= 0.6 is 15.9 Å². The van der Waals surface area contributed by atoms with E-state index in [4.69, 9.17) is 0 Å². The van der Waals surface area contributed by atoms with Crippen molar-refractivity contribution in [1.29, 1.82) is 0 Å². The van der Waals surface area contributed by atoms with Gasteiger partial charge in [-0.2, -0.15) is 0 Å². The summed E-state index contributed by atoms with van der Waals surface area (Å²) in [5, 5.41) is 0.674. The van der Waals surface area contributed by atoms with Crippen LogP contribution in [0.2, 0.25) is 0 Å². The fourth-order valence-electron chi connectivity index (χ4n) is 0.485. The maximum atomic E-state index is 12.1. The second-order valence-electron chi connectivity index (χ2n) is 1.60. The zero-order valence-electron chi connectivity index (χ0n) is 5.64. The van der Waals surface area contributed by atoms with Crippen molar-refractivity contribution in [3.05, 3.63) is 29.8 Å². The normalized spacial score (nSPS) is 9.56. The van der Waals surface area contributed by atoms with Gasteiger partial charge < -0.3 is 0 Å². The first-order chi connectivity index (χ1) is 4.33. The lowest BCUT2D eigenvalue weighted by Gasteiger charge is -1.90. The van der Waals surface area contributed by atoms with Gasteiger partial charge in [0.25, 0.3) is 0 Å². The molecule has 0 amide bonds.